The number of pyridine rings is 1. The first-order chi connectivity index (χ1) is 9.24. The van der Waals surface area contributed by atoms with Gasteiger partial charge in [-0.05, 0) is 24.6 Å². The third kappa shape index (κ3) is 1.40. The molecule has 0 aliphatic carbocycles. The zero-order valence-electron chi connectivity index (χ0n) is 11.0. The maximum atomic E-state index is 4.83. The average Bonchev–Trinajstić information content (AvgIpc) is 2.77. The van der Waals surface area contributed by atoms with Gasteiger partial charge in [0.25, 0.3) is 0 Å². The van der Waals surface area contributed by atoms with Gasteiger partial charge in [0.05, 0.1) is 11.2 Å². The molecule has 92 valence electrons. The van der Waals surface area contributed by atoms with Crippen molar-refractivity contribution < 1.29 is 0 Å². The van der Waals surface area contributed by atoms with Crippen LogP contribution in [0.4, 0.5) is 0 Å². The van der Waals surface area contributed by atoms with E-state index in [9.17, 15) is 0 Å². The van der Waals surface area contributed by atoms with Crippen molar-refractivity contribution >= 4 is 21.8 Å². The Morgan fingerprint density at radius 2 is 1.84 bits per heavy atom. The van der Waals surface area contributed by atoms with Crippen molar-refractivity contribution in [1.82, 2.24) is 9.55 Å². The minimum Gasteiger partial charge on any atom is -0.350 e. The fraction of sp³-hybridized carbons (Fsp3) is 0.118. The number of rotatable bonds is 0. The molecule has 2 aliphatic rings. The Hall–Kier alpha value is -2.35. The zero-order chi connectivity index (χ0) is 13.0. The number of aryl methyl sites for hydroxylation is 2. The van der Waals surface area contributed by atoms with E-state index in [-0.39, 0.29) is 0 Å². The zero-order valence-corrected chi connectivity index (χ0v) is 11.0. The van der Waals surface area contributed by atoms with E-state index in [4.69, 9.17) is 4.98 Å². The summed E-state index contributed by atoms with van der Waals surface area (Å²) in [4.78, 5) is 4.83. The van der Waals surface area contributed by atoms with E-state index in [0.29, 0.717) is 0 Å². The maximum absolute atomic E-state index is 4.83. The predicted molar refractivity (Wildman–Crippen MR) is 79.6 cm³/mol. The standard InChI is InChI=1S/C17H14N2/c1-11-7-8-12-14-10-19(2)16-6-4-3-5-13(16)17(14)18-15(12)9-11/h3-10H,1-2H3. The van der Waals surface area contributed by atoms with Gasteiger partial charge in [-0.15, -0.1) is 0 Å². The molecule has 2 nitrogen and oxygen atoms in total. The molecule has 0 radical (unpaired) electrons. The summed E-state index contributed by atoms with van der Waals surface area (Å²) < 4.78 is 2.18. The van der Waals surface area contributed by atoms with Gasteiger partial charge >= 0.3 is 0 Å². The van der Waals surface area contributed by atoms with Crippen LogP contribution >= 0.6 is 0 Å². The van der Waals surface area contributed by atoms with Crippen molar-refractivity contribution in [2.24, 2.45) is 7.05 Å². The van der Waals surface area contributed by atoms with Crippen LogP contribution in [-0.4, -0.2) is 9.55 Å². The van der Waals surface area contributed by atoms with Gasteiger partial charge in [0.2, 0.25) is 0 Å². The predicted octanol–water partition coefficient (Wildman–Crippen LogP) is 4.14. The van der Waals surface area contributed by atoms with Crippen molar-refractivity contribution in [1.29, 1.82) is 0 Å². The first-order valence-corrected chi connectivity index (χ1v) is 6.48. The van der Waals surface area contributed by atoms with Crippen molar-refractivity contribution in [3.8, 4) is 11.3 Å². The summed E-state index contributed by atoms with van der Waals surface area (Å²) in [6.45, 7) is 2.11. The monoisotopic (exact) mass is 246 g/mol. The van der Waals surface area contributed by atoms with Crippen molar-refractivity contribution in [2.45, 2.75) is 6.92 Å². The van der Waals surface area contributed by atoms with Crippen LogP contribution in [-0.2, 0) is 7.05 Å². The summed E-state index contributed by atoms with van der Waals surface area (Å²) in [6, 6.07) is 14.9. The van der Waals surface area contributed by atoms with Crippen molar-refractivity contribution in [3.05, 3.63) is 54.2 Å². The SMILES string of the molecule is Cc1ccc2c3cn(C)c4ccccc4c-3nc2c1. The first-order valence-electron chi connectivity index (χ1n) is 6.48. The lowest BCUT2D eigenvalue weighted by Crippen LogP contribution is -1.95. The van der Waals surface area contributed by atoms with Gasteiger partial charge in [-0.3, -0.25) is 0 Å². The third-order valence-electron chi connectivity index (χ3n) is 3.79. The van der Waals surface area contributed by atoms with E-state index in [1.54, 1.807) is 0 Å². The summed E-state index contributed by atoms with van der Waals surface area (Å²) in [5.41, 5.74) is 5.90. The molecule has 0 bridgehead atoms. The van der Waals surface area contributed by atoms with E-state index in [1.807, 2.05) is 0 Å². The molecular formula is C17H14N2. The topological polar surface area (TPSA) is 17.8 Å². The maximum Gasteiger partial charge on any atom is 0.0824 e. The Balaban J connectivity index is 2.27. The molecule has 2 heterocycles. The quantitative estimate of drug-likeness (QED) is 0.456. The van der Waals surface area contributed by atoms with Gasteiger partial charge in [-0.25, -0.2) is 4.98 Å². The lowest BCUT2D eigenvalue weighted by Gasteiger charge is -2.10. The number of nitrogens with zero attached hydrogens (tertiary/aromatic N) is 2. The minimum absolute atomic E-state index is 1.09. The van der Waals surface area contributed by atoms with E-state index in [2.05, 4.69) is 67.2 Å². The molecule has 0 fully saturated rings. The van der Waals surface area contributed by atoms with Crippen LogP contribution in [0, 0.1) is 6.92 Å². The Bertz CT molecular complexity index is 887. The van der Waals surface area contributed by atoms with Crippen LogP contribution in [0.5, 0.6) is 0 Å². The summed E-state index contributed by atoms with van der Waals surface area (Å²) in [5.74, 6) is 0. The molecule has 0 N–H and O–H groups in total. The molecule has 0 unspecified atom stereocenters. The second-order valence-corrected chi connectivity index (χ2v) is 5.15. The normalized spacial score (nSPS) is 11.7. The van der Waals surface area contributed by atoms with Gasteiger partial charge < -0.3 is 4.57 Å². The third-order valence-corrected chi connectivity index (χ3v) is 3.79. The Morgan fingerprint density at radius 3 is 2.74 bits per heavy atom. The fourth-order valence-electron chi connectivity index (χ4n) is 2.85. The van der Waals surface area contributed by atoms with Crippen molar-refractivity contribution in [2.75, 3.05) is 0 Å². The minimum atomic E-state index is 1.09. The van der Waals surface area contributed by atoms with E-state index in [1.165, 1.54) is 27.4 Å². The van der Waals surface area contributed by atoms with E-state index < -0.39 is 0 Å². The second-order valence-electron chi connectivity index (χ2n) is 5.15. The highest BCUT2D eigenvalue weighted by Gasteiger charge is 2.16. The molecular weight excluding hydrogens is 232 g/mol. The van der Waals surface area contributed by atoms with Gasteiger partial charge in [-0.1, -0.05) is 30.3 Å². The number of benzene rings is 2. The van der Waals surface area contributed by atoms with Crippen LogP contribution in [0.15, 0.2) is 48.7 Å². The van der Waals surface area contributed by atoms with E-state index in [0.717, 1.165) is 11.2 Å². The van der Waals surface area contributed by atoms with Gasteiger partial charge in [0, 0.05) is 35.1 Å². The highest BCUT2D eigenvalue weighted by molar-refractivity contribution is 6.06. The average molecular weight is 246 g/mol. The highest BCUT2D eigenvalue weighted by Crippen LogP contribution is 2.36. The lowest BCUT2D eigenvalue weighted by atomic mass is 10.0. The molecule has 4 rings (SSSR count). The summed E-state index contributed by atoms with van der Waals surface area (Å²) in [5, 5.41) is 2.46. The number of fused-ring (bicyclic) bond motifs is 5. The molecule has 2 heteroatoms. The largest absolute Gasteiger partial charge is 0.350 e. The summed E-state index contributed by atoms with van der Waals surface area (Å²) in [6.07, 6.45) is 2.18. The van der Waals surface area contributed by atoms with Gasteiger partial charge in [0.1, 0.15) is 0 Å². The molecule has 0 atom stereocenters. The van der Waals surface area contributed by atoms with Crippen LogP contribution < -0.4 is 0 Å². The fourth-order valence-corrected chi connectivity index (χ4v) is 2.85. The first kappa shape index (κ1) is 10.6. The van der Waals surface area contributed by atoms with Gasteiger partial charge in [0.15, 0.2) is 0 Å². The molecule has 0 spiro atoms. The van der Waals surface area contributed by atoms with E-state index >= 15 is 0 Å². The Morgan fingerprint density at radius 1 is 1.00 bits per heavy atom. The van der Waals surface area contributed by atoms with Crippen LogP contribution in [0.2, 0.25) is 0 Å². The van der Waals surface area contributed by atoms with Crippen LogP contribution in [0.25, 0.3) is 33.1 Å². The smallest absolute Gasteiger partial charge is 0.0824 e. The molecule has 0 saturated heterocycles. The molecule has 19 heavy (non-hydrogen) atoms. The molecule has 2 aliphatic heterocycles. The molecule has 0 aromatic heterocycles. The Labute approximate surface area is 111 Å². The highest BCUT2D eigenvalue weighted by atomic mass is 14.9. The molecule has 0 saturated carbocycles. The van der Waals surface area contributed by atoms with Crippen LogP contribution in [0.3, 0.4) is 0 Å². The molecule has 2 aromatic rings. The number of hydrogen-bond acceptors (Lipinski definition) is 1. The summed E-state index contributed by atoms with van der Waals surface area (Å²) in [7, 11) is 2.09. The second kappa shape index (κ2) is 3.58. The van der Waals surface area contributed by atoms with Gasteiger partial charge in [-0.2, -0.15) is 0 Å². The number of para-hydroxylation sites is 1. The molecule has 0 amide bonds. The number of aromatic nitrogens is 2. The lowest BCUT2D eigenvalue weighted by molar-refractivity contribution is 0.955. The Kier molecular flexibility index (Phi) is 1.99. The molecule has 2 aromatic carbocycles. The summed E-state index contributed by atoms with van der Waals surface area (Å²) >= 11 is 0. The van der Waals surface area contributed by atoms with Crippen LogP contribution in [0.1, 0.15) is 5.56 Å². The van der Waals surface area contributed by atoms with Crippen molar-refractivity contribution in [3.63, 3.8) is 0 Å². The number of hydrogen-bond donors (Lipinski definition) is 0.